The molecule has 0 aromatic heterocycles. The van der Waals surface area contributed by atoms with Gasteiger partial charge in [0.15, 0.2) is 0 Å². The van der Waals surface area contributed by atoms with Crippen LogP contribution in [-0.2, 0) is 6.42 Å². The Hall–Kier alpha value is -2.29. The highest BCUT2D eigenvalue weighted by Gasteiger charge is 2.04. The molecule has 104 valence electrons. The summed E-state index contributed by atoms with van der Waals surface area (Å²) in [6, 6.07) is 16.9. The summed E-state index contributed by atoms with van der Waals surface area (Å²) >= 11 is 0. The number of para-hydroxylation sites is 1. The van der Waals surface area contributed by atoms with Crippen LogP contribution in [0.5, 0.6) is 5.75 Å². The van der Waals surface area contributed by atoms with Crippen molar-refractivity contribution in [2.24, 2.45) is 0 Å². The maximum atomic E-state index is 11.7. The van der Waals surface area contributed by atoms with Crippen LogP contribution in [0, 0.1) is 0 Å². The number of nitrogens with one attached hydrogen (secondary N) is 1. The van der Waals surface area contributed by atoms with E-state index in [4.69, 9.17) is 4.74 Å². The summed E-state index contributed by atoms with van der Waals surface area (Å²) in [6.07, 6.45) is 2.94. The Balaban J connectivity index is 1.88. The number of benzene rings is 2. The second kappa shape index (κ2) is 7.34. The number of amides is 1. The van der Waals surface area contributed by atoms with Gasteiger partial charge in [0.25, 0.3) is 0 Å². The molecule has 0 fully saturated rings. The molecule has 2 rings (SSSR count). The van der Waals surface area contributed by atoms with E-state index in [1.807, 2.05) is 54.6 Å². The van der Waals surface area contributed by atoms with Gasteiger partial charge in [-0.05, 0) is 42.7 Å². The molecule has 0 unspecified atom stereocenters. The van der Waals surface area contributed by atoms with Crippen molar-refractivity contribution in [3.63, 3.8) is 0 Å². The van der Waals surface area contributed by atoms with Crippen LogP contribution >= 0.6 is 0 Å². The normalized spacial score (nSPS) is 10.1. The van der Waals surface area contributed by atoms with Gasteiger partial charge in [0.05, 0.1) is 0 Å². The van der Waals surface area contributed by atoms with Gasteiger partial charge in [0, 0.05) is 5.69 Å². The lowest BCUT2D eigenvalue weighted by Crippen LogP contribution is -2.16. The molecule has 0 bridgehead atoms. The van der Waals surface area contributed by atoms with Crippen LogP contribution in [0.15, 0.2) is 54.6 Å². The monoisotopic (exact) mass is 269 g/mol. The van der Waals surface area contributed by atoms with E-state index in [-0.39, 0.29) is 0 Å². The Kier molecular flexibility index (Phi) is 5.18. The quantitative estimate of drug-likeness (QED) is 0.858. The fraction of sp³-hybridized carbons (Fsp3) is 0.235. The maximum Gasteiger partial charge on any atom is 0.417 e. The molecule has 0 aliphatic heterocycles. The average Bonchev–Trinajstić information content (AvgIpc) is 2.47. The number of unbranched alkanes of at least 4 members (excludes halogenated alkanes) is 1. The van der Waals surface area contributed by atoms with Crippen LogP contribution in [0.2, 0.25) is 0 Å². The van der Waals surface area contributed by atoms with Crippen molar-refractivity contribution >= 4 is 11.8 Å². The number of hydrogen-bond acceptors (Lipinski definition) is 2. The molecular weight excluding hydrogens is 250 g/mol. The van der Waals surface area contributed by atoms with Gasteiger partial charge < -0.3 is 4.74 Å². The summed E-state index contributed by atoms with van der Waals surface area (Å²) in [5, 5.41) is 2.68. The first-order chi connectivity index (χ1) is 9.78. The smallest absolute Gasteiger partial charge is 0.410 e. The number of carbonyl (C=O) groups excluding carboxylic acids is 1. The summed E-state index contributed by atoms with van der Waals surface area (Å²) in [4.78, 5) is 11.7. The molecule has 0 radical (unpaired) electrons. The predicted molar refractivity (Wildman–Crippen MR) is 81.1 cm³/mol. The Morgan fingerprint density at radius 3 is 2.40 bits per heavy atom. The third-order valence-electron chi connectivity index (χ3n) is 2.97. The second-order valence-electron chi connectivity index (χ2n) is 4.63. The molecule has 0 aliphatic carbocycles. The van der Waals surface area contributed by atoms with Crippen molar-refractivity contribution < 1.29 is 9.53 Å². The minimum absolute atomic E-state index is 0.475. The van der Waals surface area contributed by atoms with Crippen LogP contribution in [0.4, 0.5) is 10.5 Å². The van der Waals surface area contributed by atoms with Crippen LogP contribution in [0.3, 0.4) is 0 Å². The van der Waals surface area contributed by atoms with Crippen LogP contribution in [-0.4, -0.2) is 6.09 Å². The van der Waals surface area contributed by atoms with Gasteiger partial charge in [-0.25, -0.2) is 4.79 Å². The highest BCUT2D eigenvalue weighted by molar-refractivity contribution is 5.86. The number of aryl methyl sites for hydroxylation is 1. The molecule has 0 spiro atoms. The lowest BCUT2D eigenvalue weighted by Gasteiger charge is -2.07. The number of anilines is 1. The summed E-state index contributed by atoms with van der Waals surface area (Å²) < 4.78 is 5.23. The lowest BCUT2D eigenvalue weighted by molar-refractivity contribution is 0.215. The summed E-state index contributed by atoms with van der Waals surface area (Å²) in [6.45, 7) is 2.17. The van der Waals surface area contributed by atoms with Crippen molar-refractivity contribution in [2.75, 3.05) is 5.32 Å². The van der Waals surface area contributed by atoms with E-state index in [9.17, 15) is 4.79 Å². The third-order valence-corrected chi connectivity index (χ3v) is 2.97. The van der Waals surface area contributed by atoms with E-state index in [0.717, 1.165) is 12.1 Å². The Labute approximate surface area is 119 Å². The largest absolute Gasteiger partial charge is 0.417 e. The topological polar surface area (TPSA) is 38.3 Å². The molecule has 3 heteroatoms. The molecule has 0 saturated heterocycles. The number of hydrogen-bond donors (Lipinski definition) is 1. The van der Waals surface area contributed by atoms with Crippen molar-refractivity contribution in [2.45, 2.75) is 26.2 Å². The van der Waals surface area contributed by atoms with E-state index in [0.29, 0.717) is 5.75 Å². The lowest BCUT2D eigenvalue weighted by atomic mass is 10.1. The van der Waals surface area contributed by atoms with Gasteiger partial charge in [-0.15, -0.1) is 0 Å². The van der Waals surface area contributed by atoms with Crippen LogP contribution in [0.1, 0.15) is 25.3 Å². The minimum atomic E-state index is -0.475. The number of ether oxygens (including phenoxy) is 1. The summed E-state index contributed by atoms with van der Waals surface area (Å²) in [5.41, 5.74) is 1.99. The van der Waals surface area contributed by atoms with E-state index >= 15 is 0 Å². The SMILES string of the molecule is CCCCc1ccc(OC(=O)Nc2ccccc2)cc1. The number of carbonyl (C=O) groups is 1. The highest BCUT2D eigenvalue weighted by Crippen LogP contribution is 2.15. The van der Waals surface area contributed by atoms with E-state index in [1.54, 1.807) is 0 Å². The molecule has 2 aromatic rings. The molecule has 1 N–H and O–H groups in total. The van der Waals surface area contributed by atoms with Crippen molar-refractivity contribution in [1.29, 1.82) is 0 Å². The Morgan fingerprint density at radius 2 is 1.75 bits per heavy atom. The molecule has 0 aliphatic rings. The molecular formula is C17H19NO2. The maximum absolute atomic E-state index is 11.7. The van der Waals surface area contributed by atoms with Crippen molar-refractivity contribution in [1.82, 2.24) is 0 Å². The van der Waals surface area contributed by atoms with Gasteiger partial charge in [-0.2, -0.15) is 0 Å². The zero-order valence-corrected chi connectivity index (χ0v) is 11.6. The zero-order valence-electron chi connectivity index (χ0n) is 11.6. The summed E-state index contributed by atoms with van der Waals surface area (Å²) in [7, 11) is 0. The molecule has 0 heterocycles. The van der Waals surface area contributed by atoms with Crippen LogP contribution in [0.25, 0.3) is 0 Å². The number of rotatable bonds is 5. The second-order valence-corrected chi connectivity index (χ2v) is 4.63. The van der Waals surface area contributed by atoms with E-state index in [1.165, 1.54) is 18.4 Å². The minimum Gasteiger partial charge on any atom is -0.410 e. The van der Waals surface area contributed by atoms with Gasteiger partial charge in [-0.3, -0.25) is 5.32 Å². The predicted octanol–water partition coefficient (Wildman–Crippen LogP) is 4.64. The first-order valence-electron chi connectivity index (χ1n) is 6.91. The first kappa shape index (κ1) is 14.1. The van der Waals surface area contributed by atoms with Gasteiger partial charge in [-0.1, -0.05) is 43.7 Å². The molecule has 20 heavy (non-hydrogen) atoms. The fourth-order valence-electron chi connectivity index (χ4n) is 1.88. The van der Waals surface area contributed by atoms with E-state index < -0.39 is 6.09 Å². The van der Waals surface area contributed by atoms with Crippen LogP contribution < -0.4 is 10.1 Å². The molecule has 3 nitrogen and oxygen atoms in total. The Bertz CT molecular complexity index is 535. The van der Waals surface area contributed by atoms with Crippen molar-refractivity contribution in [3.05, 3.63) is 60.2 Å². The van der Waals surface area contributed by atoms with Crippen molar-refractivity contribution in [3.8, 4) is 5.75 Å². The standard InChI is InChI=1S/C17H19NO2/c1-2-3-7-14-10-12-16(13-11-14)20-17(19)18-15-8-5-4-6-9-15/h4-6,8-13H,2-3,7H2,1H3,(H,18,19). The van der Waals surface area contributed by atoms with Gasteiger partial charge >= 0.3 is 6.09 Å². The Morgan fingerprint density at radius 1 is 1.05 bits per heavy atom. The molecule has 1 amide bonds. The van der Waals surface area contributed by atoms with Gasteiger partial charge in [0.1, 0.15) is 5.75 Å². The summed E-state index contributed by atoms with van der Waals surface area (Å²) in [5.74, 6) is 0.554. The zero-order chi connectivity index (χ0) is 14.2. The molecule has 0 atom stereocenters. The highest BCUT2D eigenvalue weighted by atomic mass is 16.6. The third kappa shape index (κ3) is 4.43. The molecule has 2 aromatic carbocycles. The van der Waals surface area contributed by atoms with Gasteiger partial charge in [0.2, 0.25) is 0 Å². The first-order valence-corrected chi connectivity index (χ1v) is 6.91. The molecule has 0 saturated carbocycles. The average molecular weight is 269 g/mol. The fourth-order valence-corrected chi connectivity index (χ4v) is 1.88. The van der Waals surface area contributed by atoms with E-state index in [2.05, 4.69) is 12.2 Å².